The minimum Gasteiger partial charge on any atom is -0.258 e. The van der Waals surface area contributed by atoms with Crippen LogP contribution in [0.1, 0.15) is 5.56 Å². The highest BCUT2D eigenvalue weighted by Crippen LogP contribution is 2.52. The van der Waals surface area contributed by atoms with Crippen LogP contribution in [0.2, 0.25) is 0 Å². The number of hydrogen-bond donors (Lipinski definition) is 0. The molecule has 0 unspecified atom stereocenters. The van der Waals surface area contributed by atoms with E-state index >= 15 is 0 Å². The second-order valence-electron chi connectivity index (χ2n) is 4.28. The third-order valence-electron chi connectivity index (χ3n) is 2.57. The van der Waals surface area contributed by atoms with Gasteiger partial charge in [-0.2, -0.15) is 39.5 Å². The molecule has 0 radical (unpaired) electrons. The molecule has 0 bridgehead atoms. The van der Waals surface area contributed by atoms with Gasteiger partial charge in [0.25, 0.3) is 5.69 Å². The Morgan fingerprint density at radius 2 is 1.46 bits per heavy atom. The first-order valence-electron chi connectivity index (χ1n) is 5.61. The Kier molecular flexibility index (Phi) is 4.80. The summed E-state index contributed by atoms with van der Waals surface area (Å²) in [5.74, 6) is -18.4. The first kappa shape index (κ1) is 19.6. The number of alkyl halides is 9. The molecule has 0 aliphatic carbocycles. The number of nitrogens with zero attached hydrogens (tertiary/aromatic N) is 1. The Hall–Kier alpha value is -2.45. The standard InChI is InChI=1S/C12H4F9NO2/c13-9(14,10(15,16)11(17,18)12(19,20)21)5-4-7-2-1-3-8(6-7)22(23)24/h1-3,6H. The molecule has 12 heteroatoms. The van der Waals surface area contributed by atoms with Gasteiger partial charge < -0.3 is 0 Å². The zero-order valence-corrected chi connectivity index (χ0v) is 11.0. The van der Waals surface area contributed by atoms with Gasteiger partial charge in [-0.15, -0.1) is 0 Å². The lowest BCUT2D eigenvalue weighted by Gasteiger charge is -2.31. The summed E-state index contributed by atoms with van der Waals surface area (Å²) in [6.45, 7) is 0. The predicted octanol–water partition coefficient (Wildman–Crippen LogP) is 4.41. The Morgan fingerprint density at radius 3 is 1.92 bits per heavy atom. The summed E-state index contributed by atoms with van der Waals surface area (Å²) in [6.07, 6.45) is -6.94. The lowest BCUT2D eigenvalue weighted by Crippen LogP contribution is -2.60. The lowest BCUT2D eigenvalue weighted by atomic mass is 10.0. The molecule has 1 rings (SSSR count). The van der Waals surface area contributed by atoms with Gasteiger partial charge in [-0.1, -0.05) is 12.0 Å². The fourth-order valence-corrected chi connectivity index (χ4v) is 1.30. The van der Waals surface area contributed by atoms with E-state index in [9.17, 15) is 49.6 Å². The fraction of sp³-hybridized carbons (Fsp3) is 0.333. The van der Waals surface area contributed by atoms with E-state index < -0.39 is 40.1 Å². The largest absolute Gasteiger partial charge is 0.460 e. The van der Waals surface area contributed by atoms with Gasteiger partial charge >= 0.3 is 23.9 Å². The van der Waals surface area contributed by atoms with E-state index in [1.54, 1.807) is 0 Å². The summed E-state index contributed by atoms with van der Waals surface area (Å²) in [5.41, 5.74) is -1.34. The average Bonchev–Trinajstić information content (AvgIpc) is 2.44. The number of nitro groups is 1. The van der Waals surface area contributed by atoms with Crippen molar-refractivity contribution < 1.29 is 44.4 Å². The summed E-state index contributed by atoms with van der Waals surface area (Å²) in [6, 6.07) is 3.18. The van der Waals surface area contributed by atoms with Crippen LogP contribution in [0.15, 0.2) is 24.3 Å². The maximum atomic E-state index is 13.1. The molecule has 0 aliphatic rings. The van der Waals surface area contributed by atoms with Crippen molar-refractivity contribution in [2.24, 2.45) is 0 Å². The van der Waals surface area contributed by atoms with Crippen LogP contribution >= 0.6 is 0 Å². The van der Waals surface area contributed by atoms with E-state index in [1.807, 2.05) is 0 Å². The van der Waals surface area contributed by atoms with Crippen molar-refractivity contribution in [3.8, 4) is 11.8 Å². The van der Waals surface area contributed by atoms with Crippen LogP contribution in [0.4, 0.5) is 45.2 Å². The molecule has 132 valence electrons. The summed E-state index contributed by atoms with van der Waals surface area (Å²) < 4.78 is 113. The molecule has 0 heterocycles. The quantitative estimate of drug-likeness (QED) is 0.345. The molecule has 0 spiro atoms. The number of hydrogen-bond acceptors (Lipinski definition) is 2. The average molecular weight is 365 g/mol. The van der Waals surface area contributed by atoms with Gasteiger partial charge in [0.2, 0.25) is 0 Å². The highest BCUT2D eigenvalue weighted by Gasteiger charge is 2.81. The molecule has 0 fully saturated rings. The molecule has 0 saturated carbocycles. The second kappa shape index (κ2) is 5.88. The zero-order chi connectivity index (χ0) is 19.0. The second-order valence-corrected chi connectivity index (χ2v) is 4.28. The molecule has 0 aliphatic heterocycles. The smallest absolute Gasteiger partial charge is 0.258 e. The van der Waals surface area contributed by atoms with Crippen molar-refractivity contribution in [3.05, 3.63) is 39.9 Å². The summed E-state index contributed by atoms with van der Waals surface area (Å²) in [4.78, 5) is 9.43. The van der Waals surface area contributed by atoms with Crippen LogP contribution in [0.3, 0.4) is 0 Å². The first-order chi connectivity index (χ1) is 10.6. The van der Waals surface area contributed by atoms with Gasteiger partial charge in [-0.25, -0.2) is 0 Å². The number of benzene rings is 1. The van der Waals surface area contributed by atoms with Crippen LogP contribution in [-0.2, 0) is 0 Å². The predicted molar refractivity (Wildman–Crippen MR) is 60.9 cm³/mol. The maximum Gasteiger partial charge on any atom is 0.460 e. The third kappa shape index (κ3) is 3.39. The van der Waals surface area contributed by atoms with Gasteiger partial charge in [-0.3, -0.25) is 10.1 Å². The lowest BCUT2D eigenvalue weighted by molar-refractivity contribution is -0.386. The topological polar surface area (TPSA) is 43.1 Å². The maximum absolute atomic E-state index is 13.1. The molecular formula is C12H4F9NO2. The highest BCUT2D eigenvalue weighted by atomic mass is 19.4. The Balaban J connectivity index is 3.28. The Labute approximate surface area is 127 Å². The SMILES string of the molecule is O=[N+]([O-])c1cccc(C#CC(F)(F)C(F)(F)C(F)(F)C(F)(F)F)c1. The van der Waals surface area contributed by atoms with Crippen molar-refractivity contribution in [2.75, 3.05) is 0 Å². The van der Waals surface area contributed by atoms with E-state index in [2.05, 4.69) is 0 Å². The first-order valence-corrected chi connectivity index (χ1v) is 5.61. The number of non-ortho nitro benzene ring substituents is 1. The Morgan fingerprint density at radius 1 is 0.917 bits per heavy atom. The van der Waals surface area contributed by atoms with Crippen molar-refractivity contribution in [1.82, 2.24) is 0 Å². The van der Waals surface area contributed by atoms with Gasteiger partial charge in [0.1, 0.15) is 0 Å². The van der Waals surface area contributed by atoms with Crippen molar-refractivity contribution in [1.29, 1.82) is 0 Å². The number of nitro benzene ring substituents is 1. The van der Waals surface area contributed by atoms with Crippen LogP contribution < -0.4 is 0 Å². The van der Waals surface area contributed by atoms with E-state index in [0.717, 1.165) is 18.2 Å². The fourth-order valence-electron chi connectivity index (χ4n) is 1.30. The molecule has 24 heavy (non-hydrogen) atoms. The molecular weight excluding hydrogens is 361 g/mol. The van der Waals surface area contributed by atoms with Crippen LogP contribution in [0.25, 0.3) is 0 Å². The molecule has 1 aromatic carbocycles. The summed E-state index contributed by atoms with van der Waals surface area (Å²) in [5, 5.41) is 10.4. The molecule has 0 amide bonds. The number of halogens is 9. The summed E-state index contributed by atoms with van der Waals surface area (Å²) in [7, 11) is 0. The molecule has 1 aromatic rings. The Bertz CT molecular complexity index is 700. The van der Waals surface area contributed by atoms with Crippen LogP contribution in [-0.4, -0.2) is 28.9 Å². The van der Waals surface area contributed by atoms with Gasteiger partial charge in [0.05, 0.1) is 4.92 Å². The molecule has 3 nitrogen and oxygen atoms in total. The van der Waals surface area contributed by atoms with Gasteiger partial charge in [0, 0.05) is 17.7 Å². The number of rotatable bonds is 3. The normalized spacial score (nSPS) is 13.2. The highest BCUT2D eigenvalue weighted by molar-refractivity contribution is 5.44. The van der Waals surface area contributed by atoms with E-state index in [0.29, 0.717) is 12.0 Å². The van der Waals surface area contributed by atoms with E-state index in [-0.39, 0.29) is 0 Å². The molecule has 0 saturated heterocycles. The molecule has 0 aromatic heterocycles. The van der Waals surface area contributed by atoms with Crippen LogP contribution in [0.5, 0.6) is 0 Å². The van der Waals surface area contributed by atoms with E-state index in [4.69, 9.17) is 0 Å². The van der Waals surface area contributed by atoms with Crippen LogP contribution in [0, 0.1) is 22.0 Å². The minimum absolute atomic E-state index is 0.324. The zero-order valence-electron chi connectivity index (χ0n) is 11.0. The van der Waals surface area contributed by atoms with Gasteiger partial charge in [-0.05, 0) is 12.0 Å². The monoisotopic (exact) mass is 365 g/mol. The molecule has 0 atom stereocenters. The van der Waals surface area contributed by atoms with Gasteiger partial charge in [0.15, 0.2) is 0 Å². The minimum atomic E-state index is -7.04. The van der Waals surface area contributed by atoms with Crippen molar-refractivity contribution >= 4 is 5.69 Å². The van der Waals surface area contributed by atoms with Crippen molar-refractivity contribution in [2.45, 2.75) is 23.9 Å². The third-order valence-corrected chi connectivity index (χ3v) is 2.57. The summed E-state index contributed by atoms with van der Waals surface area (Å²) >= 11 is 0. The van der Waals surface area contributed by atoms with E-state index in [1.165, 1.54) is 5.92 Å². The van der Waals surface area contributed by atoms with Crippen molar-refractivity contribution in [3.63, 3.8) is 0 Å². The molecule has 0 N–H and O–H groups in total.